The number of hydrogen-bond donors (Lipinski definition) is 1. The monoisotopic (exact) mass is 220 g/mol. The summed E-state index contributed by atoms with van der Waals surface area (Å²) in [4.78, 5) is 0. The van der Waals surface area contributed by atoms with Crippen molar-refractivity contribution >= 4 is 10.0 Å². The number of rotatable bonds is 3. The Morgan fingerprint density at radius 2 is 2.14 bits per heavy atom. The summed E-state index contributed by atoms with van der Waals surface area (Å²) in [6.45, 7) is 4.83. The first kappa shape index (κ1) is 11.9. The first-order chi connectivity index (χ1) is 6.53. The predicted molar refractivity (Wildman–Crippen MR) is 57.4 cm³/mol. The third-order valence-corrected chi connectivity index (χ3v) is 4.93. The van der Waals surface area contributed by atoms with E-state index in [0.717, 1.165) is 12.8 Å². The maximum Gasteiger partial charge on any atom is 0.214 e. The van der Waals surface area contributed by atoms with Gasteiger partial charge >= 0.3 is 0 Å². The van der Waals surface area contributed by atoms with Crippen LogP contribution in [0.5, 0.6) is 0 Å². The Labute approximate surface area is 86.5 Å². The van der Waals surface area contributed by atoms with Gasteiger partial charge in [-0.1, -0.05) is 6.92 Å². The Balaban J connectivity index is 2.85. The molecule has 0 saturated carbocycles. The molecule has 0 aliphatic carbocycles. The van der Waals surface area contributed by atoms with Crippen molar-refractivity contribution in [3.8, 4) is 0 Å². The standard InChI is InChI=1S/C9H20N2O2S/c1-3-14(12,13)11-6-4-5-8(2)9(11)7-10/h8-9H,3-7,10H2,1-2H3. The van der Waals surface area contributed by atoms with Crippen molar-refractivity contribution in [1.82, 2.24) is 4.31 Å². The zero-order valence-electron chi connectivity index (χ0n) is 8.94. The van der Waals surface area contributed by atoms with E-state index in [1.165, 1.54) is 0 Å². The topological polar surface area (TPSA) is 63.4 Å². The van der Waals surface area contributed by atoms with E-state index in [0.29, 0.717) is 19.0 Å². The van der Waals surface area contributed by atoms with Crippen LogP contribution in [0.1, 0.15) is 26.7 Å². The van der Waals surface area contributed by atoms with Crippen molar-refractivity contribution in [3.05, 3.63) is 0 Å². The van der Waals surface area contributed by atoms with Crippen LogP contribution in [-0.2, 0) is 10.0 Å². The van der Waals surface area contributed by atoms with Gasteiger partial charge in [-0.25, -0.2) is 8.42 Å². The van der Waals surface area contributed by atoms with Crippen LogP contribution in [-0.4, -0.2) is 37.6 Å². The van der Waals surface area contributed by atoms with E-state index in [-0.39, 0.29) is 11.8 Å². The highest BCUT2D eigenvalue weighted by molar-refractivity contribution is 7.89. The molecule has 84 valence electrons. The number of piperidine rings is 1. The van der Waals surface area contributed by atoms with Crippen molar-refractivity contribution in [2.45, 2.75) is 32.7 Å². The Bertz CT molecular complexity index is 277. The smallest absolute Gasteiger partial charge is 0.214 e. The first-order valence-electron chi connectivity index (χ1n) is 5.22. The molecule has 1 rings (SSSR count). The lowest BCUT2D eigenvalue weighted by molar-refractivity contribution is 0.193. The SMILES string of the molecule is CCS(=O)(=O)N1CCCC(C)C1CN. The number of hydrogen-bond acceptors (Lipinski definition) is 3. The van der Waals surface area contributed by atoms with Gasteiger partial charge in [0.25, 0.3) is 0 Å². The van der Waals surface area contributed by atoms with Crippen LogP contribution >= 0.6 is 0 Å². The van der Waals surface area contributed by atoms with Crippen LogP contribution < -0.4 is 5.73 Å². The first-order valence-corrected chi connectivity index (χ1v) is 6.83. The molecule has 0 radical (unpaired) electrons. The molecule has 14 heavy (non-hydrogen) atoms. The van der Waals surface area contributed by atoms with Gasteiger partial charge in [0.1, 0.15) is 0 Å². The van der Waals surface area contributed by atoms with Gasteiger partial charge in [-0.05, 0) is 25.7 Å². The fourth-order valence-corrected chi connectivity index (χ4v) is 3.52. The van der Waals surface area contributed by atoms with Gasteiger partial charge in [0, 0.05) is 19.1 Å². The highest BCUT2D eigenvalue weighted by atomic mass is 32.2. The quantitative estimate of drug-likeness (QED) is 0.748. The Hall–Kier alpha value is -0.130. The predicted octanol–water partition coefficient (Wildman–Crippen LogP) is 0.395. The van der Waals surface area contributed by atoms with Crippen molar-refractivity contribution in [1.29, 1.82) is 0 Å². The third kappa shape index (κ3) is 2.27. The van der Waals surface area contributed by atoms with Crippen LogP contribution in [0.3, 0.4) is 0 Å². The molecule has 1 aliphatic rings. The summed E-state index contributed by atoms with van der Waals surface area (Å²) >= 11 is 0. The molecule has 1 saturated heterocycles. The zero-order valence-corrected chi connectivity index (χ0v) is 9.76. The number of nitrogens with two attached hydrogens (primary N) is 1. The van der Waals surface area contributed by atoms with Crippen molar-refractivity contribution < 1.29 is 8.42 Å². The number of nitrogens with zero attached hydrogens (tertiary/aromatic N) is 1. The average molecular weight is 220 g/mol. The molecule has 0 aromatic heterocycles. The van der Waals surface area contributed by atoms with Crippen LogP contribution in [0.25, 0.3) is 0 Å². The molecule has 1 heterocycles. The molecule has 0 aromatic carbocycles. The van der Waals surface area contributed by atoms with E-state index >= 15 is 0 Å². The van der Waals surface area contributed by atoms with E-state index in [1.807, 2.05) is 0 Å². The lowest BCUT2D eigenvalue weighted by Crippen LogP contribution is -2.51. The summed E-state index contributed by atoms with van der Waals surface area (Å²) in [5.41, 5.74) is 5.63. The summed E-state index contributed by atoms with van der Waals surface area (Å²) in [5.74, 6) is 0.561. The molecule has 2 N–H and O–H groups in total. The third-order valence-electron chi connectivity index (χ3n) is 3.03. The molecule has 5 heteroatoms. The van der Waals surface area contributed by atoms with Crippen molar-refractivity contribution in [3.63, 3.8) is 0 Å². The molecule has 0 amide bonds. The van der Waals surface area contributed by atoms with E-state index < -0.39 is 10.0 Å². The fraction of sp³-hybridized carbons (Fsp3) is 1.00. The molecule has 2 unspecified atom stereocenters. The zero-order chi connectivity index (χ0) is 10.8. The summed E-state index contributed by atoms with van der Waals surface area (Å²) in [6, 6.07) is 0.00806. The van der Waals surface area contributed by atoms with Crippen LogP contribution in [0.15, 0.2) is 0 Å². The summed E-state index contributed by atoms with van der Waals surface area (Å²) in [6.07, 6.45) is 2.04. The van der Waals surface area contributed by atoms with Gasteiger partial charge < -0.3 is 5.73 Å². The highest BCUT2D eigenvalue weighted by Gasteiger charge is 2.34. The molecular weight excluding hydrogens is 200 g/mol. The van der Waals surface area contributed by atoms with Gasteiger partial charge in [0.15, 0.2) is 0 Å². The molecule has 1 fully saturated rings. The van der Waals surface area contributed by atoms with Gasteiger partial charge in [0.05, 0.1) is 5.75 Å². The van der Waals surface area contributed by atoms with E-state index in [9.17, 15) is 8.42 Å². The Morgan fingerprint density at radius 1 is 1.50 bits per heavy atom. The lowest BCUT2D eigenvalue weighted by atomic mass is 9.93. The molecule has 4 nitrogen and oxygen atoms in total. The molecular formula is C9H20N2O2S. The Morgan fingerprint density at radius 3 is 2.64 bits per heavy atom. The van der Waals surface area contributed by atoms with E-state index in [4.69, 9.17) is 5.73 Å². The Kier molecular flexibility index (Phi) is 3.92. The molecule has 2 atom stereocenters. The average Bonchev–Trinajstić information content (AvgIpc) is 2.17. The maximum absolute atomic E-state index is 11.7. The highest BCUT2D eigenvalue weighted by Crippen LogP contribution is 2.25. The lowest BCUT2D eigenvalue weighted by Gasteiger charge is -2.38. The number of sulfonamides is 1. The van der Waals surface area contributed by atoms with Gasteiger partial charge in [-0.2, -0.15) is 4.31 Å². The minimum absolute atomic E-state index is 0.00806. The van der Waals surface area contributed by atoms with Gasteiger partial charge in [0.2, 0.25) is 10.0 Å². The van der Waals surface area contributed by atoms with Crippen molar-refractivity contribution in [2.24, 2.45) is 11.7 Å². The second kappa shape index (κ2) is 4.59. The summed E-state index contributed by atoms with van der Waals surface area (Å²) < 4.78 is 25.1. The second-order valence-corrected chi connectivity index (χ2v) is 6.14. The largest absolute Gasteiger partial charge is 0.329 e. The molecule has 0 spiro atoms. The van der Waals surface area contributed by atoms with Crippen LogP contribution in [0.4, 0.5) is 0 Å². The molecule has 0 aromatic rings. The van der Waals surface area contributed by atoms with E-state index in [1.54, 1.807) is 11.2 Å². The summed E-state index contributed by atoms with van der Waals surface area (Å²) in [5, 5.41) is 0. The van der Waals surface area contributed by atoms with Gasteiger partial charge in [-0.3, -0.25) is 0 Å². The van der Waals surface area contributed by atoms with E-state index in [2.05, 4.69) is 6.92 Å². The van der Waals surface area contributed by atoms with Crippen molar-refractivity contribution in [2.75, 3.05) is 18.8 Å². The van der Waals surface area contributed by atoms with Gasteiger partial charge in [-0.15, -0.1) is 0 Å². The minimum Gasteiger partial charge on any atom is -0.329 e. The molecule has 1 aliphatic heterocycles. The fourth-order valence-electron chi connectivity index (χ4n) is 2.07. The van der Waals surface area contributed by atoms with Crippen LogP contribution in [0.2, 0.25) is 0 Å². The summed E-state index contributed by atoms with van der Waals surface area (Å²) in [7, 11) is -3.06. The normalized spacial score (nSPS) is 30.5. The van der Waals surface area contributed by atoms with Crippen LogP contribution in [0, 0.1) is 5.92 Å². The minimum atomic E-state index is -3.06. The maximum atomic E-state index is 11.7. The second-order valence-electron chi connectivity index (χ2n) is 3.93. The molecule has 0 bridgehead atoms.